The van der Waals surface area contributed by atoms with Crippen LogP contribution in [0.4, 0.5) is 5.69 Å². The topological polar surface area (TPSA) is 48.0 Å². The van der Waals surface area contributed by atoms with Gasteiger partial charge in [0.1, 0.15) is 0 Å². The molecule has 0 saturated heterocycles. The Balaban J connectivity index is 2.60. The lowest BCUT2D eigenvalue weighted by atomic mass is 9.82. The van der Waals surface area contributed by atoms with Crippen LogP contribution in [0, 0.1) is 0 Å². The standard InChI is InChI=1S/C13H20N2O/c1-13(2,3)15-11(9-5-4-6-9)8-7-10(14)12(15)16/h7-9H,4-6,14H2,1-3H3. The normalized spacial score (nSPS) is 17.2. The van der Waals surface area contributed by atoms with Crippen LogP contribution in [0.15, 0.2) is 16.9 Å². The van der Waals surface area contributed by atoms with E-state index in [2.05, 4.69) is 20.8 Å². The number of hydrogen-bond acceptors (Lipinski definition) is 2. The van der Waals surface area contributed by atoms with Crippen molar-refractivity contribution in [2.24, 2.45) is 0 Å². The minimum absolute atomic E-state index is 0.0445. The first-order valence-electron chi connectivity index (χ1n) is 5.93. The van der Waals surface area contributed by atoms with E-state index in [4.69, 9.17) is 5.73 Å². The summed E-state index contributed by atoms with van der Waals surface area (Å²) in [6.07, 6.45) is 3.66. The zero-order chi connectivity index (χ0) is 11.9. The van der Waals surface area contributed by atoms with Crippen LogP contribution in [0.1, 0.15) is 51.6 Å². The van der Waals surface area contributed by atoms with Gasteiger partial charge in [0.2, 0.25) is 0 Å². The van der Waals surface area contributed by atoms with Crippen LogP contribution in [0.25, 0.3) is 0 Å². The van der Waals surface area contributed by atoms with Crippen molar-refractivity contribution in [2.45, 2.75) is 51.5 Å². The Morgan fingerprint density at radius 1 is 1.31 bits per heavy atom. The quantitative estimate of drug-likeness (QED) is 0.790. The first kappa shape index (κ1) is 11.2. The van der Waals surface area contributed by atoms with Crippen molar-refractivity contribution in [3.8, 4) is 0 Å². The molecule has 0 aromatic carbocycles. The van der Waals surface area contributed by atoms with E-state index in [0.29, 0.717) is 11.6 Å². The van der Waals surface area contributed by atoms with E-state index >= 15 is 0 Å². The second-order valence-electron chi connectivity index (χ2n) is 5.65. The molecule has 88 valence electrons. The Labute approximate surface area is 96.3 Å². The van der Waals surface area contributed by atoms with Crippen molar-refractivity contribution in [3.63, 3.8) is 0 Å². The highest BCUT2D eigenvalue weighted by atomic mass is 16.1. The van der Waals surface area contributed by atoms with Gasteiger partial charge < -0.3 is 10.3 Å². The lowest BCUT2D eigenvalue weighted by molar-refractivity contribution is 0.325. The number of hydrogen-bond donors (Lipinski definition) is 1. The summed E-state index contributed by atoms with van der Waals surface area (Å²) < 4.78 is 1.87. The van der Waals surface area contributed by atoms with Crippen LogP contribution >= 0.6 is 0 Å². The third-order valence-electron chi connectivity index (χ3n) is 3.34. The number of anilines is 1. The summed E-state index contributed by atoms with van der Waals surface area (Å²) >= 11 is 0. The molecule has 0 bridgehead atoms. The van der Waals surface area contributed by atoms with E-state index in [0.717, 1.165) is 5.69 Å². The molecule has 0 amide bonds. The van der Waals surface area contributed by atoms with Gasteiger partial charge in [-0.1, -0.05) is 6.42 Å². The Morgan fingerprint density at radius 2 is 1.94 bits per heavy atom. The summed E-state index contributed by atoms with van der Waals surface area (Å²) in [5.41, 5.74) is 6.97. The van der Waals surface area contributed by atoms with Gasteiger partial charge >= 0.3 is 0 Å². The van der Waals surface area contributed by atoms with Crippen molar-refractivity contribution in [1.82, 2.24) is 4.57 Å². The zero-order valence-electron chi connectivity index (χ0n) is 10.3. The molecule has 1 aliphatic carbocycles. The molecule has 2 N–H and O–H groups in total. The number of pyridine rings is 1. The van der Waals surface area contributed by atoms with Crippen LogP contribution < -0.4 is 11.3 Å². The van der Waals surface area contributed by atoms with E-state index in [1.54, 1.807) is 6.07 Å². The molecule has 2 rings (SSSR count). The molecule has 1 heterocycles. The van der Waals surface area contributed by atoms with E-state index in [1.165, 1.54) is 19.3 Å². The molecule has 1 fully saturated rings. The van der Waals surface area contributed by atoms with Gasteiger partial charge in [0.15, 0.2) is 0 Å². The maximum absolute atomic E-state index is 12.1. The van der Waals surface area contributed by atoms with E-state index in [-0.39, 0.29) is 11.1 Å². The van der Waals surface area contributed by atoms with Crippen molar-refractivity contribution in [2.75, 3.05) is 5.73 Å². The molecule has 1 aromatic heterocycles. The molecule has 1 aromatic rings. The van der Waals surface area contributed by atoms with Crippen molar-refractivity contribution in [1.29, 1.82) is 0 Å². The Kier molecular flexibility index (Phi) is 2.56. The molecule has 0 aliphatic heterocycles. The highest BCUT2D eigenvalue weighted by molar-refractivity contribution is 5.37. The van der Waals surface area contributed by atoms with Crippen molar-refractivity contribution < 1.29 is 0 Å². The fourth-order valence-electron chi connectivity index (χ4n) is 2.28. The predicted molar refractivity (Wildman–Crippen MR) is 66.7 cm³/mol. The zero-order valence-corrected chi connectivity index (χ0v) is 10.3. The molecular weight excluding hydrogens is 200 g/mol. The minimum atomic E-state index is -0.197. The minimum Gasteiger partial charge on any atom is -0.394 e. The molecule has 0 unspecified atom stereocenters. The molecule has 0 spiro atoms. The van der Waals surface area contributed by atoms with Crippen LogP contribution in [0.3, 0.4) is 0 Å². The van der Waals surface area contributed by atoms with Crippen LogP contribution in [0.5, 0.6) is 0 Å². The van der Waals surface area contributed by atoms with Gasteiger partial charge in [-0.05, 0) is 51.7 Å². The number of nitrogen functional groups attached to an aromatic ring is 1. The third kappa shape index (κ3) is 1.75. The smallest absolute Gasteiger partial charge is 0.274 e. The summed E-state index contributed by atoms with van der Waals surface area (Å²) in [4.78, 5) is 12.1. The average Bonchev–Trinajstić information content (AvgIpc) is 2.06. The van der Waals surface area contributed by atoms with Gasteiger partial charge in [-0.25, -0.2) is 0 Å². The maximum atomic E-state index is 12.1. The molecule has 0 atom stereocenters. The number of aromatic nitrogens is 1. The van der Waals surface area contributed by atoms with Crippen LogP contribution in [0.2, 0.25) is 0 Å². The second-order valence-corrected chi connectivity index (χ2v) is 5.65. The van der Waals surface area contributed by atoms with E-state index < -0.39 is 0 Å². The van der Waals surface area contributed by atoms with Gasteiger partial charge in [-0.2, -0.15) is 0 Å². The van der Waals surface area contributed by atoms with E-state index in [1.807, 2.05) is 10.6 Å². The fourth-order valence-corrected chi connectivity index (χ4v) is 2.28. The van der Waals surface area contributed by atoms with Crippen molar-refractivity contribution >= 4 is 5.69 Å². The molecule has 1 saturated carbocycles. The SMILES string of the molecule is CC(C)(C)n1c(C2CCC2)ccc(N)c1=O. The van der Waals surface area contributed by atoms with Crippen LogP contribution in [-0.4, -0.2) is 4.57 Å². The lowest BCUT2D eigenvalue weighted by Gasteiger charge is -2.34. The highest BCUT2D eigenvalue weighted by Gasteiger charge is 2.27. The number of nitrogens with two attached hydrogens (primary N) is 1. The molecule has 0 radical (unpaired) electrons. The average molecular weight is 220 g/mol. The summed E-state index contributed by atoms with van der Waals surface area (Å²) in [5.74, 6) is 0.549. The monoisotopic (exact) mass is 220 g/mol. The molecule has 3 nitrogen and oxygen atoms in total. The highest BCUT2D eigenvalue weighted by Crippen LogP contribution is 2.37. The fraction of sp³-hybridized carbons (Fsp3) is 0.615. The van der Waals surface area contributed by atoms with Crippen LogP contribution in [-0.2, 0) is 5.54 Å². The predicted octanol–water partition coefficient (Wildman–Crippen LogP) is 2.45. The van der Waals surface area contributed by atoms with Gasteiger partial charge in [0.25, 0.3) is 5.56 Å². The summed E-state index contributed by atoms with van der Waals surface area (Å²) in [6.45, 7) is 6.15. The lowest BCUT2D eigenvalue weighted by Crippen LogP contribution is -2.38. The molecule has 3 heteroatoms. The Bertz CT molecular complexity index is 450. The molecule has 1 aliphatic rings. The first-order valence-corrected chi connectivity index (χ1v) is 5.93. The van der Waals surface area contributed by atoms with Gasteiger partial charge in [-0.3, -0.25) is 4.79 Å². The summed E-state index contributed by atoms with van der Waals surface area (Å²) in [5, 5.41) is 0. The Hall–Kier alpha value is -1.25. The van der Waals surface area contributed by atoms with Gasteiger partial charge in [0.05, 0.1) is 5.69 Å². The van der Waals surface area contributed by atoms with Crippen molar-refractivity contribution in [3.05, 3.63) is 28.2 Å². The second kappa shape index (κ2) is 3.65. The summed E-state index contributed by atoms with van der Waals surface area (Å²) in [6, 6.07) is 3.77. The molecular formula is C13H20N2O. The first-order chi connectivity index (χ1) is 7.41. The number of rotatable bonds is 1. The molecule has 16 heavy (non-hydrogen) atoms. The van der Waals surface area contributed by atoms with Gasteiger partial charge in [0, 0.05) is 11.2 Å². The summed E-state index contributed by atoms with van der Waals surface area (Å²) in [7, 11) is 0. The maximum Gasteiger partial charge on any atom is 0.274 e. The Morgan fingerprint density at radius 3 is 2.38 bits per heavy atom. The largest absolute Gasteiger partial charge is 0.394 e. The van der Waals surface area contributed by atoms with E-state index in [9.17, 15) is 4.79 Å². The number of nitrogens with zero attached hydrogens (tertiary/aromatic N) is 1. The third-order valence-corrected chi connectivity index (χ3v) is 3.34. The van der Waals surface area contributed by atoms with Gasteiger partial charge in [-0.15, -0.1) is 0 Å².